The molecule has 0 saturated heterocycles. The topological polar surface area (TPSA) is 46.3 Å². The van der Waals surface area contributed by atoms with Crippen molar-refractivity contribution in [3.63, 3.8) is 0 Å². The molecule has 0 saturated carbocycles. The number of primary amides is 1. The normalized spacial score (nSPS) is 10.9. The number of anilines is 1. The molecular formula is C23H40N2OS2. The molecule has 0 heterocycles. The maximum atomic E-state index is 11.5. The minimum absolute atomic E-state index is 0.353. The molecule has 0 fully saturated rings. The van der Waals surface area contributed by atoms with Crippen molar-refractivity contribution in [3.8, 4) is 0 Å². The van der Waals surface area contributed by atoms with Crippen molar-refractivity contribution in [1.82, 2.24) is 0 Å². The Hall–Kier alpha value is -0.810. The van der Waals surface area contributed by atoms with E-state index in [0.717, 1.165) is 17.4 Å². The second-order valence-electron chi connectivity index (χ2n) is 7.36. The Morgan fingerprint density at radius 3 is 1.89 bits per heavy atom. The fourth-order valence-electron chi connectivity index (χ4n) is 3.01. The molecule has 0 bridgehead atoms. The van der Waals surface area contributed by atoms with Gasteiger partial charge in [-0.15, -0.1) is 23.5 Å². The average molecular weight is 425 g/mol. The van der Waals surface area contributed by atoms with E-state index in [9.17, 15) is 4.79 Å². The largest absolute Gasteiger partial charge is 0.366 e. The molecule has 1 rings (SSSR count). The third kappa shape index (κ3) is 11.9. The van der Waals surface area contributed by atoms with Gasteiger partial charge in [0.25, 0.3) is 0 Å². The van der Waals surface area contributed by atoms with E-state index in [-0.39, 0.29) is 5.91 Å². The first-order valence-electron chi connectivity index (χ1n) is 11.0. The van der Waals surface area contributed by atoms with Gasteiger partial charge in [0.2, 0.25) is 5.91 Å². The van der Waals surface area contributed by atoms with E-state index in [1.54, 1.807) is 6.07 Å². The molecule has 0 aromatic heterocycles. The van der Waals surface area contributed by atoms with Crippen molar-refractivity contribution in [3.05, 3.63) is 29.8 Å². The van der Waals surface area contributed by atoms with Crippen molar-refractivity contribution in [1.29, 1.82) is 0 Å². The van der Waals surface area contributed by atoms with Crippen molar-refractivity contribution in [2.24, 2.45) is 5.73 Å². The fraction of sp³-hybridized carbons (Fsp3) is 0.696. The van der Waals surface area contributed by atoms with Crippen LogP contribution in [0.4, 0.5) is 5.69 Å². The van der Waals surface area contributed by atoms with Crippen LogP contribution in [0.3, 0.4) is 0 Å². The number of unbranched alkanes of at least 4 members (excludes halogenated alkanes) is 8. The zero-order valence-corrected chi connectivity index (χ0v) is 19.6. The van der Waals surface area contributed by atoms with Crippen LogP contribution in [0.25, 0.3) is 0 Å². The zero-order valence-electron chi connectivity index (χ0n) is 18.0. The maximum Gasteiger partial charge on any atom is 0.248 e. The summed E-state index contributed by atoms with van der Waals surface area (Å²) in [6.45, 7) is 4.52. The highest BCUT2D eigenvalue weighted by atomic mass is 32.2. The Bertz CT molecular complexity index is 507. The first kappa shape index (κ1) is 25.2. The maximum absolute atomic E-state index is 11.5. The van der Waals surface area contributed by atoms with Crippen LogP contribution in [-0.2, 0) is 0 Å². The second kappa shape index (κ2) is 17.1. The molecule has 0 aliphatic carbocycles. The molecular weight excluding hydrogens is 384 g/mol. The molecule has 0 radical (unpaired) electrons. The molecule has 28 heavy (non-hydrogen) atoms. The van der Waals surface area contributed by atoms with Crippen LogP contribution in [0.2, 0.25) is 0 Å². The van der Waals surface area contributed by atoms with Crippen LogP contribution in [0.1, 0.15) is 88.4 Å². The Morgan fingerprint density at radius 2 is 1.39 bits per heavy atom. The molecule has 0 atom stereocenters. The van der Waals surface area contributed by atoms with Gasteiger partial charge < -0.3 is 10.6 Å². The van der Waals surface area contributed by atoms with Crippen LogP contribution in [0.15, 0.2) is 24.3 Å². The van der Waals surface area contributed by atoms with Crippen LogP contribution >= 0.6 is 23.5 Å². The van der Waals surface area contributed by atoms with E-state index >= 15 is 0 Å². The summed E-state index contributed by atoms with van der Waals surface area (Å²) in [6.07, 6.45) is 13.3. The Morgan fingerprint density at radius 1 is 0.857 bits per heavy atom. The third-order valence-electron chi connectivity index (χ3n) is 4.77. The van der Waals surface area contributed by atoms with Crippen LogP contribution in [0, 0.1) is 0 Å². The number of carbonyl (C=O) groups is 1. The molecule has 1 aromatic carbocycles. The highest BCUT2D eigenvalue weighted by Gasteiger charge is 2.09. The summed E-state index contributed by atoms with van der Waals surface area (Å²) >= 11 is 4.00. The van der Waals surface area contributed by atoms with Gasteiger partial charge in [0.1, 0.15) is 0 Å². The number of hydrogen-bond donors (Lipinski definition) is 1. The lowest BCUT2D eigenvalue weighted by Gasteiger charge is -2.24. The molecule has 160 valence electrons. The monoisotopic (exact) mass is 424 g/mol. The molecule has 1 aromatic rings. The summed E-state index contributed by atoms with van der Waals surface area (Å²) in [6, 6.07) is 7.76. The van der Waals surface area contributed by atoms with Crippen LogP contribution < -0.4 is 10.6 Å². The van der Waals surface area contributed by atoms with E-state index in [4.69, 9.17) is 5.73 Å². The lowest BCUT2D eigenvalue weighted by molar-refractivity contribution is 0.100. The Kier molecular flexibility index (Phi) is 15.4. The SMILES string of the molecule is CCCCCCCSCN(CSCCCCCCC)c1cccc(C(N)=O)c1. The number of thioether (sulfide) groups is 2. The third-order valence-corrected chi connectivity index (χ3v) is 6.92. The van der Waals surface area contributed by atoms with Crippen molar-refractivity contribution in [2.45, 2.75) is 78.1 Å². The van der Waals surface area contributed by atoms with Gasteiger partial charge in [0, 0.05) is 11.3 Å². The number of hydrogen-bond acceptors (Lipinski definition) is 4. The van der Waals surface area contributed by atoms with Gasteiger partial charge in [0.05, 0.1) is 11.8 Å². The number of nitrogens with two attached hydrogens (primary N) is 1. The molecule has 0 unspecified atom stereocenters. The highest BCUT2D eigenvalue weighted by Crippen LogP contribution is 2.23. The minimum atomic E-state index is -0.353. The summed E-state index contributed by atoms with van der Waals surface area (Å²) in [5.41, 5.74) is 7.17. The molecule has 1 amide bonds. The van der Waals surface area contributed by atoms with Gasteiger partial charge in [-0.2, -0.15) is 0 Å². The summed E-state index contributed by atoms with van der Waals surface area (Å²) < 4.78 is 0. The average Bonchev–Trinajstić information content (AvgIpc) is 2.71. The van der Waals surface area contributed by atoms with E-state index in [0.29, 0.717) is 5.56 Å². The minimum Gasteiger partial charge on any atom is -0.366 e. The molecule has 0 aliphatic heterocycles. The predicted octanol–water partition coefficient (Wildman–Crippen LogP) is 6.91. The molecule has 2 N–H and O–H groups in total. The summed E-state index contributed by atoms with van der Waals surface area (Å²) in [4.78, 5) is 13.9. The smallest absolute Gasteiger partial charge is 0.248 e. The zero-order chi connectivity index (χ0) is 20.5. The molecule has 3 nitrogen and oxygen atoms in total. The highest BCUT2D eigenvalue weighted by molar-refractivity contribution is 8.00. The van der Waals surface area contributed by atoms with Gasteiger partial charge in [-0.1, -0.05) is 71.3 Å². The van der Waals surface area contributed by atoms with Gasteiger partial charge in [-0.25, -0.2) is 0 Å². The number of nitrogens with zero attached hydrogens (tertiary/aromatic N) is 1. The van der Waals surface area contributed by atoms with E-state index in [1.165, 1.54) is 75.7 Å². The van der Waals surface area contributed by atoms with E-state index in [1.807, 2.05) is 35.7 Å². The first-order chi connectivity index (χ1) is 13.7. The first-order valence-corrected chi connectivity index (χ1v) is 13.3. The van der Waals surface area contributed by atoms with Crippen molar-refractivity contribution in [2.75, 3.05) is 28.2 Å². The second-order valence-corrected chi connectivity index (χ2v) is 9.51. The molecule has 0 aliphatic rings. The van der Waals surface area contributed by atoms with Crippen LogP contribution in [-0.4, -0.2) is 29.2 Å². The van der Waals surface area contributed by atoms with Crippen LogP contribution in [0.5, 0.6) is 0 Å². The predicted molar refractivity (Wildman–Crippen MR) is 130 cm³/mol. The summed E-state index contributed by atoms with van der Waals surface area (Å²) in [5.74, 6) is 4.00. The molecule has 0 spiro atoms. The number of carbonyl (C=O) groups excluding carboxylic acids is 1. The van der Waals surface area contributed by atoms with Gasteiger partial charge in [-0.05, 0) is 42.5 Å². The van der Waals surface area contributed by atoms with E-state index in [2.05, 4.69) is 24.8 Å². The van der Waals surface area contributed by atoms with E-state index < -0.39 is 0 Å². The van der Waals surface area contributed by atoms with Crippen molar-refractivity contribution < 1.29 is 4.79 Å². The Balaban J connectivity index is 2.45. The molecule has 5 heteroatoms. The fourth-order valence-corrected chi connectivity index (χ4v) is 5.12. The van der Waals surface area contributed by atoms with Gasteiger partial charge in [-0.3, -0.25) is 4.79 Å². The van der Waals surface area contributed by atoms with Gasteiger partial charge >= 0.3 is 0 Å². The summed E-state index contributed by atoms with van der Waals surface area (Å²) in [5, 5.41) is 0. The standard InChI is InChI=1S/C23H40N2OS2/c1-3-5-7-9-11-16-27-19-25(20-28-17-12-10-8-6-4-2)22-15-13-14-21(18-22)23(24)26/h13-15,18H,3-12,16-17,19-20H2,1-2H3,(H2,24,26). The van der Waals surface area contributed by atoms with Crippen molar-refractivity contribution >= 4 is 35.1 Å². The van der Waals surface area contributed by atoms with Gasteiger partial charge in [0.15, 0.2) is 0 Å². The summed E-state index contributed by atoms with van der Waals surface area (Å²) in [7, 11) is 0. The lowest BCUT2D eigenvalue weighted by Crippen LogP contribution is -2.23. The number of benzene rings is 1. The number of amides is 1. The quantitative estimate of drug-likeness (QED) is 0.205. The lowest BCUT2D eigenvalue weighted by atomic mass is 10.2. The number of rotatable bonds is 18. The Labute approximate surface area is 181 Å².